The zero-order valence-electron chi connectivity index (χ0n) is 15.6. The summed E-state index contributed by atoms with van der Waals surface area (Å²) in [7, 11) is 0. The molecule has 0 saturated heterocycles. The van der Waals surface area contributed by atoms with Crippen LogP contribution in [0.2, 0.25) is 0 Å². The third-order valence-electron chi connectivity index (χ3n) is 4.76. The Bertz CT molecular complexity index is 1020. The Balaban J connectivity index is 1.58. The monoisotopic (exact) mass is 424 g/mol. The Labute approximate surface area is 167 Å². The molecule has 5 nitrogen and oxygen atoms in total. The van der Waals surface area contributed by atoms with E-state index in [1.54, 1.807) is 6.20 Å². The molecule has 0 fully saturated rings. The third-order valence-corrected chi connectivity index (χ3v) is 5.25. The van der Waals surface area contributed by atoms with Gasteiger partial charge in [0.2, 0.25) is 0 Å². The maximum Gasteiger partial charge on any atom is 0.273 e. The van der Waals surface area contributed by atoms with Gasteiger partial charge in [-0.1, -0.05) is 22.0 Å². The molecule has 1 aliphatic heterocycles. The molecule has 2 aromatic heterocycles. The smallest absolute Gasteiger partial charge is 0.273 e. The van der Waals surface area contributed by atoms with Gasteiger partial charge in [-0.25, -0.2) is 0 Å². The van der Waals surface area contributed by atoms with Gasteiger partial charge in [0.15, 0.2) is 0 Å². The standard InChI is InChI=1S/C21H21BrN4O/c1-21(2,3)26-13-17(10-24-26)14-6-7-23-19(9-14)20(27)25-11-15-4-5-18(22)8-16(15)12-25/h4-10,13H,11-12H2,1-3H3. The first-order chi connectivity index (χ1) is 12.8. The van der Waals surface area contributed by atoms with E-state index in [2.05, 4.69) is 58.9 Å². The predicted molar refractivity (Wildman–Crippen MR) is 108 cm³/mol. The molecule has 0 radical (unpaired) electrons. The lowest BCUT2D eigenvalue weighted by molar-refractivity contribution is 0.0745. The molecule has 138 valence electrons. The molecule has 6 heteroatoms. The molecule has 0 unspecified atom stereocenters. The molecule has 0 saturated carbocycles. The van der Waals surface area contributed by atoms with Gasteiger partial charge in [-0.05, 0) is 61.7 Å². The summed E-state index contributed by atoms with van der Waals surface area (Å²) in [5, 5.41) is 4.45. The van der Waals surface area contributed by atoms with E-state index in [9.17, 15) is 4.79 Å². The lowest BCUT2D eigenvalue weighted by atomic mass is 10.1. The van der Waals surface area contributed by atoms with Crippen molar-refractivity contribution in [2.24, 2.45) is 0 Å². The second kappa shape index (κ2) is 6.60. The van der Waals surface area contributed by atoms with Gasteiger partial charge in [0.1, 0.15) is 5.69 Å². The molecule has 3 aromatic rings. The Morgan fingerprint density at radius 2 is 1.85 bits per heavy atom. The minimum atomic E-state index is -0.0838. The van der Waals surface area contributed by atoms with Gasteiger partial charge in [0, 0.05) is 35.5 Å². The van der Waals surface area contributed by atoms with E-state index in [1.807, 2.05) is 40.2 Å². The topological polar surface area (TPSA) is 51.0 Å². The average molecular weight is 425 g/mol. The predicted octanol–water partition coefficient (Wildman–Crippen LogP) is 4.62. The van der Waals surface area contributed by atoms with Crippen molar-refractivity contribution in [2.45, 2.75) is 39.4 Å². The van der Waals surface area contributed by atoms with E-state index in [1.165, 1.54) is 11.1 Å². The van der Waals surface area contributed by atoms with Crippen LogP contribution in [-0.2, 0) is 18.6 Å². The highest BCUT2D eigenvalue weighted by Gasteiger charge is 2.25. The normalized spacial score (nSPS) is 13.7. The van der Waals surface area contributed by atoms with Gasteiger partial charge in [0.25, 0.3) is 5.91 Å². The molecule has 0 atom stereocenters. The van der Waals surface area contributed by atoms with Crippen LogP contribution in [-0.4, -0.2) is 25.6 Å². The van der Waals surface area contributed by atoms with Crippen molar-refractivity contribution in [3.8, 4) is 11.1 Å². The molecule has 4 rings (SSSR count). The van der Waals surface area contributed by atoms with E-state index in [0.717, 1.165) is 15.6 Å². The fourth-order valence-electron chi connectivity index (χ4n) is 3.23. The van der Waals surface area contributed by atoms with Crippen LogP contribution in [0.3, 0.4) is 0 Å². The second-order valence-electron chi connectivity index (χ2n) is 7.85. The summed E-state index contributed by atoms with van der Waals surface area (Å²) in [5.74, 6) is -0.0487. The first-order valence-electron chi connectivity index (χ1n) is 8.89. The first-order valence-corrected chi connectivity index (χ1v) is 9.69. The number of nitrogens with zero attached hydrogens (tertiary/aromatic N) is 4. The van der Waals surface area contributed by atoms with Gasteiger partial charge < -0.3 is 4.90 Å². The Kier molecular flexibility index (Phi) is 4.38. The number of rotatable bonds is 2. The van der Waals surface area contributed by atoms with Crippen LogP contribution in [0.4, 0.5) is 0 Å². The van der Waals surface area contributed by atoms with Gasteiger partial charge >= 0.3 is 0 Å². The summed E-state index contributed by atoms with van der Waals surface area (Å²) in [4.78, 5) is 19.1. The van der Waals surface area contributed by atoms with Gasteiger partial charge in [0.05, 0.1) is 11.7 Å². The molecular formula is C21H21BrN4O. The zero-order valence-corrected chi connectivity index (χ0v) is 17.2. The summed E-state index contributed by atoms with van der Waals surface area (Å²) in [6.45, 7) is 7.55. The molecular weight excluding hydrogens is 404 g/mol. The minimum absolute atomic E-state index is 0.0487. The summed E-state index contributed by atoms with van der Waals surface area (Å²) >= 11 is 3.49. The fourth-order valence-corrected chi connectivity index (χ4v) is 3.64. The van der Waals surface area contributed by atoms with Crippen molar-refractivity contribution in [3.63, 3.8) is 0 Å². The Morgan fingerprint density at radius 3 is 2.59 bits per heavy atom. The van der Waals surface area contributed by atoms with Crippen molar-refractivity contribution in [2.75, 3.05) is 0 Å². The number of aromatic nitrogens is 3. The Morgan fingerprint density at radius 1 is 1.07 bits per heavy atom. The number of amides is 1. The lowest BCUT2D eigenvalue weighted by Gasteiger charge is -2.18. The van der Waals surface area contributed by atoms with Crippen molar-refractivity contribution < 1.29 is 4.79 Å². The summed E-state index contributed by atoms with van der Waals surface area (Å²) in [6, 6.07) is 9.92. The molecule has 0 spiro atoms. The molecule has 0 aliphatic carbocycles. The van der Waals surface area contributed by atoms with E-state index < -0.39 is 0 Å². The molecule has 0 bridgehead atoms. The van der Waals surface area contributed by atoms with Crippen molar-refractivity contribution in [1.82, 2.24) is 19.7 Å². The van der Waals surface area contributed by atoms with E-state index in [4.69, 9.17) is 0 Å². The average Bonchev–Trinajstić information content (AvgIpc) is 3.27. The number of carbonyl (C=O) groups is 1. The van der Waals surface area contributed by atoms with Crippen LogP contribution in [0.15, 0.2) is 53.4 Å². The maximum absolute atomic E-state index is 13.0. The minimum Gasteiger partial charge on any atom is -0.329 e. The van der Waals surface area contributed by atoms with Gasteiger partial charge in [-0.3, -0.25) is 14.5 Å². The van der Waals surface area contributed by atoms with Crippen molar-refractivity contribution in [1.29, 1.82) is 0 Å². The third kappa shape index (κ3) is 3.54. The molecule has 27 heavy (non-hydrogen) atoms. The molecule has 3 heterocycles. The number of carbonyl (C=O) groups excluding carboxylic acids is 1. The van der Waals surface area contributed by atoms with Crippen LogP contribution < -0.4 is 0 Å². The number of benzene rings is 1. The Hall–Kier alpha value is -2.47. The number of fused-ring (bicyclic) bond motifs is 1. The van der Waals surface area contributed by atoms with Crippen LogP contribution in [0.25, 0.3) is 11.1 Å². The number of pyridine rings is 1. The number of hydrogen-bond donors (Lipinski definition) is 0. The van der Waals surface area contributed by atoms with Gasteiger partial charge in [-0.2, -0.15) is 5.10 Å². The summed E-state index contributed by atoms with van der Waals surface area (Å²) in [6.07, 6.45) is 5.53. The summed E-state index contributed by atoms with van der Waals surface area (Å²) < 4.78 is 2.96. The van der Waals surface area contributed by atoms with Crippen LogP contribution in [0.1, 0.15) is 42.4 Å². The highest BCUT2D eigenvalue weighted by Crippen LogP contribution is 2.28. The van der Waals surface area contributed by atoms with Crippen molar-refractivity contribution >= 4 is 21.8 Å². The van der Waals surface area contributed by atoms with Crippen LogP contribution in [0, 0.1) is 0 Å². The summed E-state index contributed by atoms with van der Waals surface area (Å²) in [5.41, 5.74) is 4.68. The molecule has 1 amide bonds. The van der Waals surface area contributed by atoms with Crippen molar-refractivity contribution in [3.05, 3.63) is 70.2 Å². The lowest BCUT2D eigenvalue weighted by Crippen LogP contribution is -2.26. The highest BCUT2D eigenvalue weighted by atomic mass is 79.9. The van der Waals surface area contributed by atoms with Crippen LogP contribution >= 0.6 is 15.9 Å². The van der Waals surface area contributed by atoms with Crippen LogP contribution in [0.5, 0.6) is 0 Å². The van der Waals surface area contributed by atoms with E-state index in [-0.39, 0.29) is 11.4 Å². The van der Waals surface area contributed by atoms with E-state index in [0.29, 0.717) is 18.8 Å². The molecule has 1 aromatic carbocycles. The van der Waals surface area contributed by atoms with E-state index >= 15 is 0 Å². The van der Waals surface area contributed by atoms with Gasteiger partial charge in [-0.15, -0.1) is 0 Å². The zero-order chi connectivity index (χ0) is 19.2. The first kappa shape index (κ1) is 17.9. The quantitative estimate of drug-likeness (QED) is 0.602. The fraction of sp³-hybridized carbons (Fsp3) is 0.286. The molecule has 0 N–H and O–H groups in total. The maximum atomic E-state index is 13.0. The second-order valence-corrected chi connectivity index (χ2v) is 8.76. The SMILES string of the molecule is CC(C)(C)n1cc(-c2ccnc(C(=O)N3Cc4ccc(Br)cc4C3)c2)cn1. The number of hydrogen-bond acceptors (Lipinski definition) is 3. The largest absolute Gasteiger partial charge is 0.329 e. The highest BCUT2D eigenvalue weighted by molar-refractivity contribution is 9.10. The molecule has 1 aliphatic rings. The number of halogens is 1.